The van der Waals surface area contributed by atoms with E-state index in [1.165, 1.54) is 0 Å². The summed E-state index contributed by atoms with van der Waals surface area (Å²) in [5.41, 5.74) is 0.0635. The first-order valence-electron chi connectivity index (χ1n) is 4.97. The molecule has 0 bridgehead atoms. The molecule has 2 N–H and O–H groups in total. The van der Waals surface area contributed by atoms with Crippen LogP contribution in [0.5, 0.6) is 0 Å². The summed E-state index contributed by atoms with van der Waals surface area (Å²) in [6.45, 7) is 6.29. The molecular weight excluding hydrogens is 166 g/mol. The number of methoxy groups -OCH3 is 1. The molecule has 0 saturated heterocycles. The second-order valence-corrected chi connectivity index (χ2v) is 4.03. The van der Waals surface area contributed by atoms with E-state index in [0.29, 0.717) is 6.61 Å². The number of nitrogens with one attached hydrogen (secondary N) is 1. The molecule has 3 nitrogen and oxygen atoms in total. The minimum Gasteiger partial charge on any atom is -0.396 e. The van der Waals surface area contributed by atoms with Crippen molar-refractivity contribution in [2.75, 3.05) is 26.9 Å². The summed E-state index contributed by atoms with van der Waals surface area (Å²) in [4.78, 5) is 0. The average Bonchev–Trinajstić information content (AvgIpc) is 2.04. The standard InChI is InChI=1S/C10H23NO2/c1-10(2,9-13-3)11-7-5-4-6-8-12/h11-12H,4-9H2,1-3H3. The van der Waals surface area contributed by atoms with Gasteiger partial charge in [0, 0.05) is 19.3 Å². The van der Waals surface area contributed by atoms with Gasteiger partial charge in [-0.3, -0.25) is 0 Å². The van der Waals surface area contributed by atoms with Crippen LogP contribution in [0, 0.1) is 0 Å². The molecule has 0 heterocycles. The van der Waals surface area contributed by atoms with Gasteiger partial charge in [-0.2, -0.15) is 0 Å². The second-order valence-electron chi connectivity index (χ2n) is 4.03. The molecule has 13 heavy (non-hydrogen) atoms. The fourth-order valence-corrected chi connectivity index (χ4v) is 1.25. The SMILES string of the molecule is COCC(C)(C)NCCCCCO. The van der Waals surface area contributed by atoms with Crippen molar-refractivity contribution in [2.45, 2.75) is 38.6 Å². The van der Waals surface area contributed by atoms with Crippen LogP contribution in [-0.4, -0.2) is 37.5 Å². The van der Waals surface area contributed by atoms with Gasteiger partial charge in [0.15, 0.2) is 0 Å². The third-order valence-electron chi connectivity index (χ3n) is 1.94. The van der Waals surface area contributed by atoms with Crippen molar-refractivity contribution in [3.05, 3.63) is 0 Å². The van der Waals surface area contributed by atoms with Gasteiger partial charge in [-0.15, -0.1) is 0 Å². The van der Waals surface area contributed by atoms with Gasteiger partial charge in [0.05, 0.1) is 6.61 Å². The number of hydrogen-bond donors (Lipinski definition) is 2. The fourth-order valence-electron chi connectivity index (χ4n) is 1.25. The Morgan fingerprint density at radius 3 is 2.46 bits per heavy atom. The Labute approximate surface area is 81.5 Å². The lowest BCUT2D eigenvalue weighted by Crippen LogP contribution is -2.43. The highest BCUT2D eigenvalue weighted by molar-refractivity contribution is 4.76. The summed E-state index contributed by atoms with van der Waals surface area (Å²) < 4.78 is 5.08. The van der Waals surface area contributed by atoms with Gasteiger partial charge < -0.3 is 15.2 Å². The summed E-state index contributed by atoms with van der Waals surface area (Å²) in [5.74, 6) is 0. The zero-order chi connectivity index (χ0) is 10.2. The molecular formula is C10H23NO2. The van der Waals surface area contributed by atoms with Crippen LogP contribution in [0.15, 0.2) is 0 Å². The van der Waals surface area contributed by atoms with Gasteiger partial charge in [0.2, 0.25) is 0 Å². The van der Waals surface area contributed by atoms with E-state index in [1.807, 2.05) is 0 Å². The molecule has 0 spiro atoms. The van der Waals surface area contributed by atoms with E-state index >= 15 is 0 Å². The van der Waals surface area contributed by atoms with Gasteiger partial charge in [0.25, 0.3) is 0 Å². The minimum atomic E-state index is 0.0635. The summed E-state index contributed by atoms with van der Waals surface area (Å²) in [6, 6.07) is 0. The number of ether oxygens (including phenoxy) is 1. The molecule has 3 heteroatoms. The van der Waals surface area contributed by atoms with Crippen LogP contribution in [0.3, 0.4) is 0 Å². The molecule has 0 amide bonds. The van der Waals surface area contributed by atoms with Crippen LogP contribution in [-0.2, 0) is 4.74 Å². The molecule has 0 aromatic heterocycles. The van der Waals surface area contributed by atoms with E-state index in [4.69, 9.17) is 9.84 Å². The molecule has 0 aliphatic rings. The largest absolute Gasteiger partial charge is 0.396 e. The first kappa shape index (κ1) is 12.9. The Morgan fingerprint density at radius 2 is 1.92 bits per heavy atom. The molecule has 0 aromatic carbocycles. The van der Waals surface area contributed by atoms with Crippen molar-refractivity contribution in [1.29, 1.82) is 0 Å². The zero-order valence-corrected chi connectivity index (χ0v) is 9.10. The van der Waals surface area contributed by atoms with E-state index in [-0.39, 0.29) is 5.54 Å². The van der Waals surface area contributed by atoms with E-state index < -0.39 is 0 Å². The van der Waals surface area contributed by atoms with Crippen molar-refractivity contribution >= 4 is 0 Å². The van der Waals surface area contributed by atoms with Crippen LogP contribution < -0.4 is 5.32 Å². The first-order valence-corrected chi connectivity index (χ1v) is 4.97. The molecule has 0 aromatic rings. The lowest BCUT2D eigenvalue weighted by Gasteiger charge is -2.25. The highest BCUT2D eigenvalue weighted by Gasteiger charge is 2.15. The molecule has 0 aliphatic carbocycles. The predicted molar refractivity (Wildman–Crippen MR) is 54.9 cm³/mol. The first-order chi connectivity index (χ1) is 6.12. The Bertz CT molecular complexity index is 115. The Morgan fingerprint density at radius 1 is 1.23 bits per heavy atom. The van der Waals surface area contributed by atoms with Crippen molar-refractivity contribution in [2.24, 2.45) is 0 Å². The van der Waals surface area contributed by atoms with E-state index in [9.17, 15) is 0 Å². The van der Waals surface area contributed by atoms with Gasteiger partial charge in [0.1, 0.15) is 0 Å². The maximum atomic E-state index is 8.57. The Hall–Kier alpha value is -0.120. The molecule has 0 saturated carbocycles. The van der Waals surface area contributed by atoms with Gasteiger partial charge in [-0.1, -0.05) is 0 Å². The van der Waals surface area contributed by atoms with Crippen molar-refractivity contribution in [3.63, 3.8) is 0 Å². The number of unbranched alkanes of at least 4 members (excludes halogenated alkanes) is 2. The number of aliphatic hydroxyl groups is 1. The quantitative estimate of drug-likeness (QED) is 0.563. The van der Waals surface area contributed by atoms with Crippen molar-refractivity contribution < 1.29 is 9.84 Å². The maximum absolute atomic E-state index is 8.57. The number of rotatable bonds is 8. The van der Waals surface area contributed by atoms with Crippen molar-refractivity contribution in [3.8, 4) is 0 Å². The van der Waals surface area contributed by atoms with Crippen LogP contribution in [0.4, 0.5) is 0 Å². The molecule has 0 aliphatic heterocycles. The smallest absolute Gasteiger partial charge is 0.0639 e. The van der Waals surface area contributed by atoms with E-state index in [2.05, 4.69) is 19.2 Å². The third-order valence-corrected chi connectivity index (χ3v) is 1.94. The zero-order valence-electron chi connectivity index (χ0n) is 9.10. The average molecular weight is 189 g/mol. The van der Waals surface area contributed by atoms with E-state index in [0.717, 1.165) is 32.4 Å². The van der Waals surface area contributed by atoms with Crippen LogP contribution in [0.2, 0.25) is 0 Å². The summed E-state index contributed by atoms with van der Waals surface area (Å²) in [6.07, 6.45) is 3.12. The summed E-state index contributed by atoms with van der Waals surface area (Å²) >= 11 is 0. The highest BCUT2D eigenvalue weighted by atomic mass is 16.5. The summed E-state index contributed by atoms with van der Waals surface area (Å²) in [7, 11) is 1.72. The summed E-state index contributed by atoms with van der Waals surface area (Å²) in [5, 5.41) is 12.0. The fraction of sp³-hybridized carbons (Fsp3) is 1.00. The Kier molecular flexibility index (Phi) is 7.23. The van der Waals surface area contributed by atoms with Crippen LogP contribution in [0.1, 0.15) is 33.1 Å². The molecule has 0 atom stereocenters. The molecule has 0 rings (SSSR count). The van der Waals surface area contributed by atoms with Crippen molar-refractivity contribution in [1.82, 2.24) is 5.32 Å². The molecule has 0 fully saturated rings. The van der Waals surface area contributed by atoms with Crippen LogP contribution >= 0.6 is 0 Å². The second kappa shape index (κ2) is 7.30. The maximum Gasteiger partial charge on any atom is 0.0639 e. The monoisotopic (exact) mass is 189 g/mol. The van der Waals surface area contributed by atoms with Gasteiger partial charge >= 0.3 is 0 Å². The van der Waals surface area contributed by atoms with Gasteiger partial charge in [-0.25, -0.2) is 0 Å². The van der Waals surface area contributed by atoms with Gasteiger partial charge in [-0.05, 0) is 39.7 Å². The lowest BCUT2D eigenvalue weighted by atomic mass is 10.1. The Balaban J connectivity index is 3.29. The normalized spacial score (nSPS) is 12.0. The number of hydrogen-bond acceptors (Lipinski definition) is 3. The molecule has 80 valence electrons. The number of aliphatic hydroxyl groups excluding tert-OH is 1. The lowest BCUT2D eigenvalue weighted by molar-refractivity contribution is 0.128. The predicted octanol–water partition coefficient (Wildman–Crippen LogP) is 1.16. The van der Waals surface area contributed by atoms with E-state index in [1.54, 1.807) is 7.11 Å². The topological polar surface area (TPSA) is 41.5 Å². The third kappa shape index (κ3) is 8.22. The molecule has 0 unspecified atom stereocenters. The van der Waals surface area contributed by atoms with Crippen LogP contribution in [0.25, 0.3) is 0 Å². The molecule has 0 radical (unpaired) electrons. The minimum absolute atomic E-state index is 0.0635. The highest BCUT2D eigenvalue weighted by Crippen LogP contribution is 2.02.